The minimum absolute atomic E-state index is 0.0711. The highest BCUT2D eigenvalue weighted by atomic mass is 16.5. The van der Waals surface area contributed by atoms with Crippen LogP contribution >= 0.6 is 0 Å². The van der Waals surface area contributed by atoms with Gasteiger partial charge < -0.3 is 15.4 Å². The Morgan fingerprint density at radius 2 is 1.86 bits per heavy atom. The van der Waals surface area contributed by atoms with Gasteiger partial charge in [-0.05, 0) is 46.5 Å². The van der Waals surface area contributed by atoms with Crippen molar-refractivity contribution in [3.63, 3.8) is 0 Å². The molecular weight excluding hydrogens is 264 g/mol. The summed E-state index contributed by atoms with van der Waals surface area (Å²) >= 11 is 0. The predicted molar refractivity (Wildman–Crippen MR) is 85.0 cm³/mol. The SMILES string of the molecule is CCNc1nc(C2CC2)nc(NC2(C)CCOCC2)c1C. The largest absolute Gasteiger partial charge is 0.381 e. The van der Waals surface area contributed by atoms with Gasteiger partial charge in [0.15, 0.2) is 0 Å². The summed E-state index contributed by atoms with van der Waals surface area (Å²) in [6.07, 6.45) is 4.48. The summed E-state index contributed by atoms with van der Waals surface area (Å²) in [4.78, 5) is 9.53. The third-order valence-electron chi connectivity index (χ3n) is 4.47. The number of nitrogens with zero attached hydrogens (tertiary/aromatic N) is 2. The molecule has 1 saturated carbocycles. The van der Waals surface area contributed by atoms with Gasteiger partial charge in [-0.3, -0.25) is 0 Å². The van der Waals surface area contributed by atoms with E-state index >= 15 is 0 Å². The van der Waals surface area contributed by atoms with Crippen LogP contribution in [0.3, 0.4) is 0 Å². The highest BCUT2D eigenvalue weighted by Gasteiger charge is 2.31. The van der Waals surface area contributed by atoms with Crippen LogP contribution in [0, 0.1) is 6.92 Å². The van der Waals surface area contributed by atoms with Gasteiger partial charge in [0.05, 0.1) is 0 Å². The molecule has 5 nitrogen and oxygen atoms in total. The summed E-state index contributed by atoms with van der Waals surface area (Å²) < 4.78 is 5.48. The summed E-state index contributed by atoms with van der Waals surface area (Å²) in [7, 11) is 0. The van der Waals surface area contributed by atoms with Crippen LogP contribution in [-0.2, 0) is 4.74 Å². The molecule has 5 heteroatoms. The van der Waals surface area contributed by atoms with Crippen molar-refractivity contribution in [1.29, 1.82) is 0 Å². The fourth-order valence-corrected chi connectivity index (χ4v) is 2.75. The number of anilines is 2. The Hall–Kier alpha value is -1.36. The zero-order valence-electron chi connectivity index (χ0n) is 13.3. The molecule has 1 aromatic heterocycles. The molecule has 0 spiro atoms. The van der Waals surface area contributed by atoms with Gasteiger partial charge in [0.25, 0.3) is 0 Å². The van der Waals surface area contributed by atoms with Gasteiger partial charge in [0.2, 0.25) is 0 Å². The lowest BCUT2D eigenvalue weighted by Crippen LogP contribution is -2.41. The third kappa shape index (κ3) is 3.28. The Bertz CT molecular complexity index is 507. The molecule has 1 aromatic rings. The molecule has 0 aromatic carbocycles. The van der Waals surface area contributed by atoms with Crippen molar-refractivity contribution in [2.24, 2.45) is 0 Å². The second-order valence-electron chi connectivity index (χ2n) is 6.51. The smallest absolute Gasteiger partial charge is 0.136 e. The quantitative estimate of drug-likeness (QED) is 0.872. The van der Waals surface area contributed by atoms with E-state index in [9.17, 15) is 0 Å². The predicted octanol–water partition coefficient (Wildman–Crippen LogP) is 3.08. The Morgan fingerprint density at radius 3 is 2.48 bits per heavy atom. The van der Waals surface area contributed by atoms with Crippen LogP contribution in [0.5, 0.6) is 0 Å². The number of hydrogen-bond donors (Lipinski definition) is 2. The molecule has 116 valence electrons. The first-order valence-electron chi connectivity index (χ1n) is 8.09. The van der Waals surface area contributed by atoms with E-state index in [4.69, 9.17) is 14.7 Å². The van der Waals surface area contributed by atoms with Crippen molar-refractivity contribution < 1.29 is 4.74 Å². The maximum Gasteiger partial charge on any atom is 0.136 e. The van der Waals surface area contributed by atoms with Crippen LogP contribution < -0.4 is 10.6 Å². The molecule has 2 fully saturated rings. The van der Waals surface area contributed by atoms with Crippen molar-refractivity contribution in [1.82, 2.24) is 9.97 Å². The van der Waals surface area contributed by atoms with E-state index in [1.165, 1.54) is 12.8 Å². The van der Waals surface area contributed by atoms with Gasteiger partial charge in [0, 0.05) is 36.8 Å². The molecule has 1 saturated heterocycles. The molecule has 1 aliphatic carbocycles. The Morgan fingerprint density at radius 1 is 1.19 bits per heavy atom. The van der Waals surface area contributed by atoms with Crippen molar-refractivity contribution >= 4 is 11.6 Å². The monoisotopic (exact) mass is 290 g/mol. The second kappa shape index (κ2) is 5.79. The van der Waals surface area contributed by atoms with Gasteiger partial charge in [-0.2, -0.15) is 0 Å². The topological polar surface area (TPSA) is 59.1 Å². The molecule has 3 rings (SSSR count). The van der Waals surface area contributed by atoms with E-state index in [-0.39, 0.29) is 5.54 Å². The lowest BCUT2D eigenvalue weighted by molar-refractivity contribution is 0.0657. The summed E-state index contributed by atoms with van der Waals surface area (Å²) in [6, 6.07) is 0. The lowest BCUT2D eigenvalue weighted by atomic mass is 9.92. The van der Waals surface area contributed by atoms with Gasteiger partial charge in [-0.15, -0.1) is 0 Å². The average molecular weight is 290 g/mol. The Labute approximate surface area is 126 Å². The molecule has 2 heterocycles. The van der Waals surface area contributed by atoms with E-state index in [0.29, 0.717) is 5.92 Å². The minimum Gasteiger partial charge on any atom is -0.381 e. The molecule has 2 aliphatic rings. The average Bonchev–Trinajstić information content (AvgIpc) is 3.28. The maximum atomic E-state index is 5.48. The van der Waals surface area contributed by atoms with Gasteiger partial charge in [0.1, 0.15) is 17.5 Å². The summed E-state index contributed by atoms with van der Waals surface area (Å²) in [5.74, 6) is 3.53. The zero-order valence-corrected chi connectivity index (χ0v) is 13.3. The molecule has 0 radical (unpaired) electrons. The maximum absolute atomic E-state index is 5.48. The second-order valence-corrected chi connectivity index (χ2v) is 6.51. The first-order chi connectivity index (χ1) is 10.1. The van der Waals surface area contributed by atoms with Gasteiger partial charge in [-0.25, -0.2) is 9.97 Å². The van der Waals surface area contributed by atoms with E-state index in [0.717, 1.165) is 55.6 Å². The van der Waals surface area contributed by atoms with Crippen LogP contribution in [0.4, 0.5) is 11.6 Å². The van der Waals surface area contributed by atoms with Crippen LogP contribution in [0.25, 0.3) is 0 Å². The number of rotatable bonds is 5. The van der Waals surface area contributed by atoms with E-state index in [1.807, 2.05) is 0 Å². The van der Waals surface area contributed by atoms with Crippen LogP contribution in [0.15, 0.2) is 0 Å². The van der Waals surface area contributed by atoms with E-state index in [2.05, 4.69) is 31.4 Å². The molecular formula is C16H26N4O. The Kier molecular flexibility index (Phi) is 4.02. The Balaban J connectivity index is 1.88. The van der Waals surface area contributed by atoms with Crippen molar-refractivity contribution in [3.8, 4) is 0 Å². The molecule has 0 amide bonds. The first-order valence-corrected chi connectivity index (χ1v) is 8.09. The van der Waals surface area contributed by atoms with Crippen LogP contribution in [0.1, 0.15) is 56.8 Å². The normalized spacial score (nSPS) is 21.1. The highest BCUT2D eigenvalue weighted by molar-refractivity contribution is 5.58. The molecule has 21 heavy (non-hydrogen) atoms. The summed E-state index contributed by atoms with van der Waals surface area (Å²) in [6.45, 7) is 8.99. The zero-order chi connectivity index (χ0) is 14.9. The molecule has 0 bridgehead atoms. The first kappa shape index (κ1) is 14.6. The molecule has 2 N–H and O–H groups in total. The summed E-state index contributed by atoms with van der Waals surface area (Å²) in [5, 5.41) is 7.05. The molecule has 0 unspecified atom stereocenters. The number of nitrogens with one attached hydrogen (secondary N) is 2. The molecule has 1 aliphatic heterocycles. The third-order valence-corrected chi connectivity index (χ3v) is 4.47. The molecule has 0 atom stereocenters. The van der Waals surface area contributed by atoms with Gasteiger partial charge >= 0.3 is 0 Å². The lowest BCUT2D eigenvalue weighted by Gasteiger charge is -2.35. The standard InChI is InChI=1S/C16H26N4O/c1-4-17-13-11(2)14(19-15(18-13)12-5-6-12)20-16(3)7-9-21-10-8-16/h12H,4-10H2,1-3H3,(H2,17,18,19,20). The fraction of sp³-hybridized carbons (Fsp3) is 0.750. The fourth-order valence-electron chi connectivity index (χ4n) is 2.75. The van der Waals surface area contributed by atoms with E-state index in [1.54, 1.807) is 0 Å². The number of hydrogen-bond acceptors (Lipinski definition) is 5. The number of ether oxygens (including phenoxy) is 1. The van der Waals surface area contributed by atoms with Crippen LogP contribution in [0.2, 0.25) is 0 Å². The van der Waals surface area contributed by atoms with Crippen molar-refractivity contribution in [3.05, 3.63) is 11.4 Å². The highest BCUT2D eigenvalue weighted by Crippen LogP contribution is 2.40. The summed E-state index contributed by atoms with van der Waals surface area (Å²) in [5.41, 5.74) is 1.19. The minimum atomic E-state index is 0.0711. The van der Waals surface area contributed by atoms with E-state index < -0.39 is 0 Å². The van der Waals surface area contributed by atoms with Gasteiger partial charge in [-0.1, -0.05) is 0 Å². The number of aromatic nitrogens is 2. The van der Waals surface area contributed by atoms with Crippen LogP contribution in [-0.4, -0.2) is 35.3 Å². The van der Waals surface area contributed by atoms with Crippen molar-refractivity contribution in [2.75, 3.05) is 30.4 Å². The van der Waals surface area contributed by atoms with Crippen molar-refractivity contribution in [2.45, 2.75) is 57.9 Å².